The van der Waals surface area contributed by atoms with Crippen molar-refractivity contribution in [3.63, 3.8) is 0 Å². The third-order valence-electron chi connectivity index (χ3n) is 3.90. The first-order valence-electron chi connectivity index (χ1n) is 7.45. The molecule has 1 aromatic carbocycles. The number of benzene rings is 1. The molecule has 0 saturated carbocycles. The van der Waals surface area contributed by atoms with Gasteiger partial charge in [-0.1, -0.05) is 11.6 Å². The average molecular weight is 313 g/mol. The molecule has 0 radical (unpaired) electrons. The molecule has 0 aliphatic carbocycles. The predicted molar refractivity (Wildman–Crippen MR) is 83.2 cm³/mol. The number of carbonyl (C=O) groups excluding carboxylic acids is 1. The molecule has 21 heavy (non-hydrogen) atoms. The van der Waals surface area contributed by atoms with Crippen LogP contribution in [-0.4, -0.2) is 36.5 Å². The number of hydrogen-bond acceptors (Lipinski definition) is 2. The van der Waals surface area contributed by atoms with E-state index in [1.165, 1.54) is 12.1 Å². The standard InChI is InChI=1S/C16H22ClFN2O/c1-11(2)20(10-12-4-3-7-19-9-12)16(21)14-6-5-13(17)8-15(14)18/h5-6,8,11-12,19H,3-4,7,9-10H2,1-2H3. The summed E-state index contributed by atoms with van der Waals surface area (Å²) < 4.78 is 14.0. The van der Waals surface area contributed by atoms with E-state index in [2.05, 4.69) is 5.32 Å². The summed E-state index contributed by atoms with van der Waals surface area (Å²) in [5.74, 6) is -0.384. The van der Waals surface area contributed by atoms with Gasteiger partial charge in [0.2, 0.25) is 0 Å². The summed E-state index contributed by atoms with van der Waals surface area (Å²) in [4.78, 5) is 14.4. The van der Waals surface area contributed by atoms with Gasteiger partial charge in [0.05, 0.1) is 5.56 Å². The van der Waals surface area contributed by atoms with Crippen LogP contribution in [0.2, 0.25) is 5.02 Å². The SMILES string of the molecule is CC(C)N(CC1CCCNC1)C(=O)c1ccc(Cl)cc1F. The zero-order chi connectivity index (χ0) is 15.4. The quantitative estimate of drug-likeness (QED) is 0.925. The second kappa shape index (κ2) is 7.23. The van der Waals surface area contributed by atoms with Gasteiger partial charge < -0.3 is 10.2 Å². The van der Waals surface area contributed by atoms with Gasteiger partial charge >= 0.3 is 0 Å². The molecule has 1 N–H and O–H groups in total. The highest BCUT2D eigenvalue weighted by Gasteiger charge is 2.25. The molecule has 1 aliphatic rings. The van der Waals surface area contributed by atoms with Crippen molar-refractivity contribution in [1.82, 2.24) is 10.2 Å². The predicted octanol–water partition coefficient (Wildman–Crippen LogP) is 3.33. The Kier molecular flexibility index (Phi) is 5.59. The lowest BCUT2D eigenvalue weighted by molar-refractivity contribution is 0.0656. The van der Waals surface area contributed by atoms with Gasteiger partial charge in [0.15, 0.2) is 0 Å². The van der Waals surface area contributed by atoms with Gasteiger partial charge in [-0.05, 0) is 63.9 Å². The zero-order valence-electron chi connectivity index (χ0n) is 12.5. The molecule has 1 aliphatic heterocycles. The molecule has 1 unspecified atom stereocenters. The van der Waals surface area contributed by atoms with Gasteiger partial charge in [-0.25, -0.2) is 4.39 Å². The largest absolute Gasteiger partial charge is 0.336 e. The van der Waals surface area contributed by atoms with Crippen molar-refractivity contribution in [3.05, 3.63) is 34.6 Å². The van der Waals surface area contributed by atoms with E-state index in [9.17, 15) is 9.18 Å². The maximum atomic E-state index is 14.0. The summed E-state index contributed by atoms with van der Waals surface area (Å²) in [6.07, 6.45) is 2.23. The smallest absolute Gasteiger partial charge is 0.257 e. The Hall–Kier alpha value is -1.13. The van der Waals surface area contributed by atoms with Crippen LogP contribution < -0.4 is 5.32 Å². The zero-order valence-corrected chi connectivity index (χ0v) is 13.3. The van der Waals surface area contributed by atoms with Crippen molar-refractivity contribution in [2.24, 2.45) is 5.92 Å². The van der Waals surface area contributed by atoms with Crippen molar-refractivity contribution < 1.29 is 9.18 Å². The minimum atomic E-state index is -0.556. The van der Waals surface area contributed by atoms with Crippen LogP contribution in [0, 0.1) is 11.7 Å². The number of nitrogens with zero attached hydrogens (tertiary/aromatic N) is 1. The molecule has 1 fully saturated rings. The number of amides is 1. The Morgan fingerprint density at radius 3 is 2.86 bits per heavy atom. The fraction of sp³-hybridized carbons (Fsp3) is 0.562. The number of nitrogens with one attached hydrogen (secondary N) is 1. The molecule has 0 bridgehead atoms. The molecule has 116 valence electrons. The Labute approximate surface area is 130 Å². The molecule has 1 atom stereocenters. The summed E-state index contributed by atoms with van der Waals surface area (Å²) in [6.45, 7) is 6.53. The number of rotatable bonds is 4. The minimum absolute atomic E-state index is 0.0366. The van der Waals surface area contributed by atoms with Crippen LogP contribution in [0.1, 0.15) is 37.0 Å². The lowest BCUT2D eigenvalue weighted by Gasteiger charge is -2.33. The Balaban J connectivity index is 2.14. The molecule has 2 rings (SSSR count). The van der Waals surface area contributed by atoms with Crippen molar-refractivity contribution in [2.45, 2.75) is 32.7 Å². The second-order valence-corrected chi connectivity index (χ2v) is 6.32. The van der Waals surface area contributed by atoms with Gasteiger partial charge in [-0.2, -0.15) is 0 Å². The van der Waals surface area contributed by atoms with Crippen LogP contribution in [-0.2, 0) is 0 Å². The molecule has 3 nitrogen and oxygen atoms in total. The van der Waals surface area contributed by atoms with Crippen LogP contribution in [0.3, 0.4) is 0 Å². The average Bonchev–Trinajstić information content (AvgIpc) is 2.45. The molecule has 1 heterocycles. The van der Waals surface area contributed by atoms with E-state index in [-0.39, 0.29) is 17.5 Å². The first-order valence-corrected chi connectivity index (χ1v) is 7.83. The summed E-state index contributed by atoms with van der Waals surface area (Å²) in [6, 6.07) is 4.25. The lowest BCUT2D eigenvalue weighted by Crippen LogP contribution is -2.44. The van der Waals surface area contributed by atoms with Gasteiger partial charge in [0, 0.05) is 17.6 Å². The molecule has 1 amide bonds. The van der Waals surface area contributed by atoms with Gasteiger partial charge in [-0.15, -0.1) is 0 Å². The van der Waals surface area contributed by atoms with Crippen LogP contribution in [0.4, 0.5) is 4.39 Å². The number of hydrogen-bond donors (Lipinski definition) is 1. The monoisotopic (exact) mass is 312 g/mol. The number of piperidine rings is 1. The van der Waals surface area contributed by atoms with Crippen molar-refractivity contribution in [3.8, 4) is 0 Å². The minimum Gasteiger partial charge on any atom is -0.336 e. The van der Waals surface area contributed by atoms with E-state index in [0.717, 1.165) is 25.9 Å². The van der Waals surface area contributed by atoms with Crippen LogP contribution in [0.5, 0.6) is 0 Å². The van der Waals surface area contributed by atoms with E-state index in [1.807, 2.05) is 13.8 Å². The Bertz CT molecular complexity index is 501. The maximum Gasteiger partial charge on any atom is 0.257 e. The topological polar surface area (TPSA) is 32.3 Å². The highest BCUT2D eigenvalue weighted by molar-refractivity contribution is 6.30. The van der Waals surface area contributed by atoms with Crippen LogP contribution in [0.15, 0.2) is 18.2 Å². The highest BCUT2D eigenvalue weighted by atomic mass is 35.5. The third-order valence-corrected chi connectivity index (χ3v) is 4.13. The molecule has 1 aromatic rings. The fourth-order valence-corrected chi connectivity index (χ4v) is 2.86. The van der Waals surface area contributed by atoms with Crippen molar-refractivity contribution >= 4 is 17.5 Å². The summed E-state index contributed by atoms with van der Waals surface area (Å²) >= 11 is 5.75. The first-order chi connectivity index (χ1) is 9.99. The van der Waals surface area contributed by atoms with Gasteiger partial charge in [-0.3, -0.25) is 4.79 Å². The Morgan fingerprint density at radius 1 is 1.52 bits per heavy atom. The molecule has 0 aromatic heterocycles. The normalized spacial score (nSPS) is 18.8. The fourth-order valence-electron chi connectivity index (χ4n) is 2.70. The molecular formula is C16H22ClFN2O. The van der Waals surface area contributed by atoms with E-state index in [4.69, 9.17) is 11.6 Å². The molecule has 1 saturated heterocycles. The Morgan fingerprint density at radius 2 is 2.29 bits per heavy atom. The molecule has 5 heteroatoms. The van der Waals surface area contributed by atoms with E-state index < -0.39 is 5.82 Å². The van der Waals surface area contributed by atoms with Gasteiger partial charge in [0.1, 0.15) is 5.82 Å². The molecular weight excluding hydrogens is 291 g/mol. The lowest BCUT2D eigenvalue weighted by atomic mass is 9.98. The van der Waals surface area contributed by atoms with Crippen LogP contribution >= 0.6 is 11.6 Å². The van der Waals surface area contributed by atoms with Crippen molar-refractivity contribution in [1.29, 1.82) is 0 Å². The van der Waals surface area contributed by atoms with Crippen LogP contribution in [0.25, 0.3) is 0 Å². The maximum absolute atomic E-state index is 14.0. The summed E-state index contributed by atoms with van der Waals surface area (Å²) in [5.41, 5.74) is 0.0943. The number of halogens is 2. The van der Waals surface area contributed by atoms with Crippen molar-refractivity contribution in [2.75, 3.05) is 19.6 Å². The summed E-state index contributed by atoms with van der Waals surface area (Å²) in [5, 5.41) is 3.65. The third kappa shape index (κ3) is 4.17. The number of carbonyl (C=O) groups is 1. The van der Waals surface area contributed by atoms with E-state index in [0.29, 0.717) is 17.5 Å². The van der Waals surface area contributed by atoms with Gasteiger partial charge in [0.25, 0.3) is 5.91 Å². The first kappa shape index (κ1) is 16.2. The molecule has 0 spiro atoms. The summed E-state index contributed by atoms with van der Waals surface area (Å²) in [7, 11) is 0. The van der Waals surface area contributed by atoms with E-state index in [1.54, 1.807) is 11.0 Å². The van der Waals surface area contributed by atoms with E-state index >= 15 is 0 Å². The highest BCUT2D eigenvalue weighted by Crippen LogP contribution is 2.20. The second-order valence-electron chi connectivity index (χ2n) is 5.89.